The van der Waals surface area contributed by atoms with Crippen LogP contribution < -0.4 is 16.0 Å². The fraction of sp³-hybridized carbons (Fsp3) is 0.136. The molecule has 0 radical (unpaired) electrons. The summed E-state index contributed by atoms with van der Waals surface area (Å²) < 4.78 is 0. The van der Waals surface area contributed by atoms with Gasteiger partial charge in [0.05, 0.1) is 16.1 Å². The second kappa shape index (κ2) is 9.16. The van der Waals surface area contributed by atoms with Crippen LogP contribution in [0.4, 0.5) is 11.4 Å². The van der Waals surface area contributed by atoms with E-state index in [1.54, 1.807) is 54.6 Å². The van der Waals surface area contributed by atoms with Crippen molar-refractivity contribution >= 4 is 40.4 Å². The lowest BCUT2D eigenvalue weighted by Crippen LogP contribution is -2.31. The molecule has 3 amide bonds. The largest absolute Gasteiger partial charge is 0.350 e. The Hall–Kier alpha value is -3.45. The smallest absolute Gasteiger partial charge is 0.265 e. The van der Waals surface area contributed by atoms with Gasteiger partial charge in [-0.25, -0.2) is 0 Å². The maximum absolute atomic E-state index is 12.6. The number of hydrogen-bond donors (Lipinski definition) is 3. The van der Waals surface area contributed by atoms with Crippen LogP contribution in [0.2, 0.25) is 0 Å². The molecule has 148 valence electrons. The number of thiophene rings is 1. The van der Waals surface area contributed by atoms with Crippen LogP contribution in [0.5, 0.6) is 0 Å². The summed E-state index contributed by atoms with van der Waals surface area (Å²) in [6.07, 6.45) is 0. The van der Waals surface area contributed by atoms with Crippen LogP contribution in [0.25, 0.3) is 0 Å². The molecule has 0 aliphatic heterocycles. The minimum atomic E-state index is -0.342. The van der Waals surface area contributed by atoms with Gasteiger partial charge in [0.1, 0.15) is 0 Å². The maximum Gasteiger partial charge on any atom is 0.265 e. The van der Waals surface area contributed by atoms with Gasteiger partial charge in [-0.15, -0.1) is 11.3 Å². The first-order valence-corrected chi connectivity index (χ1v) is 9.98. The number of carbonyl (C=O) groups excluding carboxylic acids is 3. The molecule has 1 heterocycles. The predicted molar refractivity (Wildman–Crippen MR) is 116 cm³/mol. The lowest BCUT2D eigenvalue weighted by atomic mass is 10.1. The maximum atomic E-state index is 12.6. The number of carbonyl (C=O) groups is 3. The molecule has 6 nitrogen and oxygen atoms in total. The predicted octanol–water partition coefficient (Wildman–Crippen LogP) is 4.39. The molecule has 0 aliphatic carbocycles. The highest BCUT2D eigenvalue weighted by Crippen LogP contribution is 2.18. The van der Waals surface area contributed by atoms with E-state index in [4.69, 9.17) is 0 Å². The summed E-state index contributed by atoms with van der Waals surface area (Å²) in [6.45, 7) is 3.75. The van der Waals surface area contributed by atoms with Crippen molar-refractivity contribution in [2.24, 2.45) is 0 Å². The molecule has 0 saturated carbocycles. The summed E-state index contributed by atoms with van der Waals surface area (Å²) >= 11 is 1.36. The minimum absolute atomic E-state index is 0.0109. The van der Waals surface area contributed by atoms with E-state index < -0.39 is 0 Å². The molecule has 3 rings (SSSR count). The van der Waals surface area contributed by atoms with Crippen LogP contribution in [0, 0.1) is 0 Å². The first-order chi connectivity index (χ1) is 13.9. The van der Waals surface area contributed by atoms with Crippen molar-refractivity contribution in [3.05, 3.63) is 82.0 Å². The molecule has 3 aromatic rings. The van der Waals surface area contributed by atoms with E-state index in [0.29, 0.717) is 27.4 Å². The van der Waals surface area contributed by atoms with E-state index in [1.807, 2.05) is 25.3 Å². The normalized spacial score (nSPS) is 10.4. The van der Waals surface area contributed by atoms with Gasteiger partial charge in [-0.05, 0) is 61.7 Å². The van der Waals surface area contributed by atoms with Crippen molar-refractivity contribution < 1.29 is 14.4 Å². The van der Waals surface area contributed by atoms with Crippen LogP contribution in [0.3, 0.4) is 0 Å². The van der Waals surface area contributed by atoms with E-state index >= 15 is 0 Å². The second-order valence-electron chi connectivity index (χ2n) is 6.64. The summed E-state index contributed by atoms with van der Waals surface area (Å²) in [4.78, 5) is 37.6. The SMILES string of the molecule is CC(C)NC(=O)c1ccccc1NC(=O)c1ccc(NC(=O)c2cccs2)cc1. The van der Waals surface area contributed by atoms with Gasteiger partial charge >= 0.3 is 0 Å². The van der Waals surface area contributed by atoms with Crippen molar-refractivity contribution in [2.75, 3.05) is 10.6 Å². The first-order valence-electron chi connectivity index (χ1n) is 9.10. The number of amides is 3. The number of hydrogen-bond acceptors (Lipinski definition) is 4. The molecule has 0 bridgehead atoms. The van der Waals surface area contributed by atoms with Crippen LogP contribution in [-0.4, -0.2) is 23.8 Å². The number of rotatable bonds is 6. The van der Waals surface area contributed by atoms with Gasteiger partial charge in [-0.3, -0.25) is 14.4 Å². The zero-order valence-corrected chi connectivity index (χ0v) is 16.9. The Balaban J connectivity index is 1.69. The molecule has 0 aliphatic rings. The second-order valence-corrected chi connectivity index (χ2v) is 7.58. The lowest BCUT2D eigenvalue weighted by molar-refractivity contribution is 0.0943. The monoisotopic (exact) mass is 407 g/mol. The highest BCUT2D eigenvalue weighted by atomic mass is 32.1. The molecule has 0 unspecified atom stereocenters. The zero-order chi connectivity index (χ0) is 20.8. The molecule has 1 aromatic heterocycles. The third-order valence-electron chi connectivity index (χ3n) is 3.99. The summed E-state index contributed by atoms with van der Waals surface area (Å²) in [5.41, 5.74) is 1.84. The average molecular weight is 407 g/mol. The lowest BCUT2D eigenvalue weighted by Gasteiger charge is -2.13. The van der Waals surface area contributed by atoms with Gasteiger partial charge < -0.3 is 16.0 Å². The molecular weight excluding hydrogens is 386 g/mol. The average Bonchev–Trinajstić information content (AvgIpc) is 3.23. The molecule has 29 heavy (non-hydrogen) atoms. The van der Waals surface area contributed by atoms with Crippen molar-refractivity contribution in [1.82, 2.24) is 5.32 Å². The van der Waals surface area contributed by atoms with Gasteiger partial charge in [0, 0.05) is 17.3 Å². The summed E-state index contributed by atoms with van der Waals surface area (Å²) in [6, 6.07) is 17.0. The fourth-order valence-electron chi connectivity index (χ4n) is 2.63. The van der Waals surface area contributed by atoms with E-state index in [0.717, 1.165) is 0 Å². The Morgan fingerprint density at radius 2 is 1.52 bits per heavy atom. The quantitative estimate of drug-likeness (QED) is 0.566. The highest BCUT2D eigenvalue weighted by Gasteiger charge is 2.15. The molecule has 0 fully saturated rings. The molecule has 0 spiro atoms. The number of benzene rings is 2. The van der Waals surface area contributed by atoms with E-state index in [-0.39, 0.29) is 23.8 Å². The zero-order valence-electron chi connectivity index (χ0n) is 16.1. The van der Waals surface area contributed by atoms with Crippen molar-refractivity contribution in [3.8, 4) is 0 Å². The Morgan fingerprint density at radius 1 is 0.793 bits per heavy atom. The molecule has 0 atom stereocenters. The number of nitrogens with one attached hydrogen (secondary N) is 3. The summed E-state index contributed by atoms with van der Waals surface area (Å²) in [5, 5.41) is 10.2. The topological polar surface area (TPSA) is 87.3 Å². The number of para-hydroxylation sites is 1. The van der Waals surface area contributed by atoms with Gasteiger partial charge in [0.2, 0.25) is 0 Å². The van der Waals surface area contributed by atoms with E-state index in [9.17, 15) is 14.4 Å². The number of anilines is 2. The summed E-state index contributed by atoms with van der Waals surface area (Å²) in [7, 11) is 0. The van der Waals surface area contributed by atoms with Gasteiger partial charge in [-0.1, -0.05) is 18.2 Å². The summed E-state index contributed by atoms with van der Waals surface area (Å²) in [5.74, 6) is -0.782. The third kappa shape index (κ3) is 5.30. The van der Waals surface area contributed by atoms with Crippen molar-refractivity contribution in [2.45, 2.75) is 19.9 Å². The van der Waals surface area contributed by atoms with Crippen molar-refractivity contribution in [3.63, 3.8) is 0 Å². The van der Waals surface area contributed by atoms with Gasteiger partial charge in [-0.2, -0.15) is 0 Å². The minimum Gasteiger partial charge on any atom is -0.350 e. The van der Waals surface area contributed by atoms with Crippen molar-refractivity contribution in [1.29, 1.82) is 0 Å². The Labute approximate surface area is 173 Å². The van der Waals surface area contributed by atoms with Gasteiger partial charge in [0.25, 0.3) is 17.7 Å². The van der Waals surface area contributed by atoms with Crippen LogP contribution in [0.15, 0.2) is 66.0 Å². The molecule has 7 heteroatoms. The first kappa shape index (κ1) is 20.3. The molecule has 3 N–H and O–H groups in total. The van der Waals surface area contributed by atoms with E-state index in [1.165, 1.54) is 11.3 Å². The Morgan fingerprint density at radius 3 is 2.17 bits per heavy atom. The Kier molecular flexibility index (Phi) is 6.41. The molecule has 0 saturated heterocycles. The molecular formula is C22H21N3O3S. The standard InChI is InChI=1S/C22H21N3O3S/c1-14(2)23-21(27)17-6-3-4-7-18(17)25-20(26)15-9-11-16(12-10-15)24-22(28)19-8-5-13-29-19/h3-14H,1-2H3,(H,23,27)(H,24,28)(H,25,26). The van der Waals surface area contributed by atoms with Crippen LogP contribution >= 0.6 is 11.3 Å². The fourth-order valence-corrected chi connectivity index (χ4v) is 3.25. The highest BCUT2D eigenvalue weighted by molar-refractivity contribution is 7.12. The Bertz CT molecular complexity index is 1010. The third-order valence-corrected chi connectivity index (χ3v) is 4.86. The molecule has 2 aromatic carbocycles. The van der Waals surface area contributed by atoms with Gasteiger partial charge in [0.15, 0.2) is 0 Å². The van der Waals surface area contributed by atoms with E-state index in [2.05, 4.69) is 16.0 Å². The van der Waals surface area contributed by atoms with Crippen LogP contribution in [0.1, 0.15) is 44.2 Å². The van der Waals surface area contributed by atoms with Crippen LogP contribution in [-0.2, 0) is 0 Å².